The highest BCUT2D eigenvalue weighted by Gasteiger charge is 2.27. The Balaban J connectivity index is 0. The van der Waals surface area contributed by atoms with E-state index >= 15 is 0 Å². The first-order valence-corrected chi connectivity index (χ1v) is 3.57. The number of methoxy groups -OCH3 is 1. The molecule has 0 unspecified atom stereocenters. The van der Waals surface area contributed by atoms with Gasteiger partial charge in [0, 0.05) is 7.11 Å². The average Bonchev–Trinajstić information content (AvgIpc) is 1.85. The summed E-state index contributed by atoms with van der Waals surface area (Å²) in [5, 5.41) is 0. The number of ether oxygens (including phenoxy) is 1. The van der Waals surface area contributed by atoms with Crippen LogP contribution in [0.25, 0.3) is 0 Å². The molecule has 0 fully saturated rings. The molecule has 0 radical (unpaired) electrons. The number of hydrogen-bond acceptors (Lipinski definition) is 4. The average molecular weight is 213 g/mol. The third kappa shape index (κ3) is 22.6. The number of hydrogen-bond donors (Lipinski definition) is 0. The minimum Gasteiger partial charge on any atom is -0.722 e. The molecule has 0 aromatic heterocycles. The molecule has 0 heterocycles. The van der Waals surface area contributed by atoms with E-state index in [-0.39, 0.29) is 0 Å². The molecule has 0 aromatic carbocycles. The highest BCUT2D eigenvalue weighted by Crippen LogP contribution is 2.12. The largest absolute Gasteiger partial charge is 0.722 e. The van der Waals surface area contributed by atoms with Crippen molar-refractivity contribution in [2.45, 2.75) is 6.11 Å². The van der Waals surface area contributed by atoms with Crippen LogP contribution in [0.4, 0.5) is 17.1 Å². The molecule has 0 saturated carbocycles. The molecule has 0 aliphatic heterocycles. The molecule has 0 spiro atoms. The first-order chi connectivity index (χ1) is 5.12. The summed E-state index contributed by atoms with van der Waals surface area (Å²) >= 11 is 0. The van der Waals surface area contributed by atoms with Gasteiger partial charge < -0.3 is 9.29 Å². The van der Waals surface area contributed by atoms with Crippen molar-refractivity contribution in [2.24, 2.45) is 0 Å². The Morgan fingerprint density at radius 3 is 1.75 bits per heavy atom. The summed E-state index contributed by atoms with van der Waals surface area (Å²) in [6, 6.07) is 0. The maximum atomic E-state index is 11.3. The second-order valence-corrected chi connectivity index (χ2v) is 2.15. The molecule has 0 saturated heterocycles. The predicted molar refractivity (Wildman–Crippen MR) is 28.7 cm³/mol. The Kier molecular flexibility index (Phi) is 6.21. The van der Waals surface area contributed by atoms with Crippen molar-refractivity contribution in [1.29, 1.82) is 0 Å². The molecule has 12 heavy (non-hydrogen) atoms. The lowest BCUT2D eigenvalue weighted by Gasteiger charge is -2.06. The van der Waals surface area contributed by atoms with E-state index in [0.717, 1.165) is 7.11 Å². The maximum Gasteiger partial charge on any atom is 0.383 e. The Labute approximate surface area is 66.2 Å². The standard InChI is InChI=1S/C3H5F3O.FHO3S/c1-7-3(5,6)2-4;1-5(2,3)4/h2H2,1H3;(H,2,3,4)/p-1. The van der Waals surface area contributed by atoms with E-state index in [2.05, 4.69) is 4.74 Å². The molecule has 9 heteroatoms. The van der Waals surface area contributed by atoms with Crippen LogP contribution in [0.2, 0.25) is 0 Å². The van der Waals surface area contributed by atoms with Gasteiger partial charge in [-0.25, -0.2) is 12.8 Å². The zero-order valence-electron chi connectivity index (χ0n) is 5.76. The Bertz CT molecular complexity index is 186. The Hall–Kier alpha value is -0.410. The third-order valence-electron chi connectivity index (χ3n) is 0.454. The fourth-order valence-corrected chi connectivity index (χ4v) is 0.0546. The molecular formula is C3H5F4O4S-. The topological polar surface area (TPSA) is 66.4 Å². The molecule has 0 N–H and O–H groups in total. The monoisotopic (exact) mass is 213 g/mol. The molecule has 4 nitrogen and oxygen atoms in total. The van der Waals surface area contributed by atoms with Gasteiger partial charge in [0.2, 0.25) is 0 Å². The van der Waals surface area contributed by atoms with Crippen LogP contribution < -0.4 is 0 Å². The summed E-state index contributed by atoms with van der Waals surface area (Å²) < 4.78 is 72.2. The van der Waals surface area contributed by atoms with E-state index in [0.29, 0.717) is 0 Å². The number of alkyl halides is 3. The minimum absolute atomic E-state index is 0.750. The van der Waals surface area contributed by atoms with Gasteiger partial charge in [0.05, 0.1) is 0 Å². The highest BCUT2D eigenvalue weighted by atomic mass is 32.3. The van der Waals surface area contributed by atoms with Crippen LogP contribution in [-0.2, 0) is 15.2 Å². The van der Waals surface area contributed by atoms with Gasteiger partial charge in [0.25, 0.3) is 10.5 Å². The van der Waals surface area contributed by atoms with Crippen LogP contribution in [0.15, 0.2) is 0 Å². The SMILES string of the molecule is COC(F)(F)CF.O=S(=O)([O-])F. The molecule has 0 amide bonds. The molecule has 0 atom stereocenters. The van der Waals surface area contributed by atoms with Gasteiger partial charge in [-0.15, -0.1) is 3.89 Å². The number of rotatable bonds is 2. The van der Waals surface area contributed by atoms with Gasteiger partial charge in [-0.2, -0.15) is 8.78 Å². The first kappa shape index (κ1) is 14.1. The summed E-state index contributed by atoms with van der Waals surface area (Å²) in [5.74, 6) is 0. The first-order valence-electron chi connectivity index (χ1n) is 2.27. The Morgan fingerprint density at radius 1 is 1.50 bits per heavy atom. The lowest BCUT2D eigenvalue weighted by molar-refractivity contribution is -0.229. The van der Waals surface area contributed by atoms with Gasteiger partial charge in [-0.05, 0) is 0 Å². The van der Waals surface area contributed by atoms with E-state index in [4.69, 9.17) is 13.0 Å². The summed E-state index contributed by atoms with van der Waals surface area (Å²) in [4.78, 5) is 0. The van der Waals surface area contributed by atoms with E-state index in [9.17, 15) is 17.1 Å². The zero-order chi connectivity index (χ0) is 10.4. The maximum absolute atomic E-state index is 11.3. The van der Waals surface area contributed by atoms with Crippen LogP contribution in [-0.4, -0.2) is 32.9 Å². The Morgan fingerprint density at radius 2 is 1.75 bits per heavy atom. The van der Waals surface area contributed by atoms with Crippen LogP contribution in [0.1, 0.15) is 0 Å². The van der Waals surface area contributed by atoms with E-state index in [1.54, 1.807) is 0 Å². The highest BCUT2D eigenvalue weighted by molar-refractivity contribution is 7.80. The van der Waals surface area contributed by atoms with Crippen molar-refractivity contribution in [3.8, 4) is 0 Å². The van der Waals surface area contributed by atoms with Crippen molar-refractivity contribution >= 4 is 10.5 Å². The normalized spacial score (nSPS) is 11.8. The van der Waals surface area contributed by atoms with Crippen LogP contribution >= 0.6 is 0 Å². The van der Waals surface area contributed by atoms with Crippen molar-refractivity contribution < 1.29 is 34.8 Å². The van der Waals surface area contributed by atoms with E-state index in [1.165, 1.54) is 0 Å². The molecule has 0 aliphatic rings. The fraction of sp³-hybridized carbons (Fsp3) is 1.00. The van der Waals surface area contributed by atoms with Gasteiger partial charge >= 0.3 is 6.11 Å². The zero-order valence-corrected chi connectivity index (χ0v) is 6.58. The predicted octanol–water partition coefficient (Wildman–Crippen LogP) is 0.611. The molecule has 0 rings (SSSR count). The van der Waals surface area contributed by atoms with Crippen LogP contribution in [0, 0.1) is 0 Å². The summed E-state index contributed by atoms with van der Waals surface area (Å²) in [5.41, 5.74) is 0. The lowest BCUT2D eigenvalue weighted by Crippen LogP contribution is -2.20. The molecular weight excluding hydrogens is 208 g/mol. The molecule has 76 valence electrons. The minimum atomic E-state index is -5.42. The van der Waals surface area contributed by atoms with Gasteiger partial charge in [0.15, 0.2) is 6.67 Å². The smallest absolute Gasteiger partial charge is 0.383 e. The van der Waals surface area contributed by atoms with Crippen molar-refractivity contribution in [3.63, 3.8) is 0 Å². The van der Waals surface area contributed by atoms with E-state index < -0.39 is 23.3 Å². The molecule has 0 aliphatic carbocycles. The van der Waals surface area contributed by atoms with E-state index in [1.807, 2.05) is 0 Å². The summed E-state index contributed by atoms with van der Waals surface area (Å²) in [6.45, 7) is -1.76. The van der Waals surface area contributed by atoms with Crippen molar-refractivity contribution in [1.82, 2.24) is 0 Å². The van der Waals surface area contributed by atoms with Gasteiger partial charge in [0.1, 0.15) is 0 Å². The second-order valence-electron chi connectivity index (χ2n) is 1.37. The third-order valence-corrected chi connectivity index (χ3v) is 0.454. The molecule has 0 bridgehead atoms. The number of halogens is 4. The van der Waals surface area contributed by atoms with Gasteiger partial charge in [-0.3, -0.25) is 0 Å². The van der Waals surface area contributed by atoms with Crippen molar-refractivity contribution in [3.05, 3.63) is 0 Å². The summed E-state index contributed by atoms with van der Waals surface area (Å²) in [7, 11) is -4.67. The van der Waals surface area contributed by atoms with Gasteiger partial charge in [-0.1, -0.05) is 0 Å². The second kappa shape index (κ2) is 5.27. The van der Waals surface area contributed by atoms with Crippen molar-refractivity contribution in [2.75, 3.05) is 13.8 Å². The van der Waals surface area contributed by atoms with Crippen LogP contribution in [0.3, 0.4) is 0 Å². The molecule has 0 aromatic rings. The summed E-state index contributed by atoms with van der Waals surface area (Å²) in [6.07, 6.45) is -3.58. The quantitative estimate of drug-likeness (QED) is 0.383. The lowest BCUT2D eigenvalue weighted by atomic mass is 10.7. The fourth-order valence-electron chi connectivity index (χ4n) is 0.0546. The van der Waals surface area contributed by atoms with Crippen LogP contribution in [0.5, 0.6) is 0 Å².